The van der Waals surface area contributed by atoms with Gasteiger partial charge in [-0.25, -0.2) is 0 Å². The molecule has 5 nitrogen and oxygen atoms in total. The smallest absolute Gasteiger partial charge is 0.261 e. The molecule has 0 aromatic heterocycles. The van der Waals surface area contributed by atoms with Crippen molar-refractivity contribution in [2.45, 2.75) is 45.8 Å². The number of hydrogen-bond donors (Lipinski definition) is 1. The number of aryl methyl sites for hydroxylation is 1. The largest absolute Gasteiger partial charge is 0.484 e. The number of nitrogens with one attached hydrogen (secondary N) is 1. The molecule has 35 heavy (non-hydrogen) atoms. The lowest BCUT2D eigenvalue weighted by Crippen LogP contribution is -2.52. The van der Waals surface area contributed by atoms with Gasteiger partial charge in [-0.15, -0.1) is 0 Å². The normalized spacial score (nSPS) is 11.7. The second-order valence-corrected chi connectivity index (χ2v) is 10.5. The average molecular weight is 602 g/mol. The number of carbonyl (C=O) groups is 2. The van der Waals surface area contributed by atoms with E-state index in [1.807, 2.05) is 93.6 Å². The van der Waals surface area contributed by atoms with Gasteiger partial charge in [-0.1, -0.05) is 74.3 Å². The van der Waals surface area contributed by atoms with Gasteiger partial charge in [0, 0.05) is 28.0 Å². The molecule has 0 heterocycles. The van der Waals surface area contributed by atoms with E-state index in [9.17, 15) is 9.59 Å². The van der Waals surface area contributed by atoms with Gasteiger partial charge in [-0.2, -0.15) is 0 Å². The van der Waals surface area contributed by atoms with E-state index in [-0.39, 0.29) is 31.0 Å². The summed E-state index contributed by atoms with van der Waals surface area (Å²) in [5.74, 6) is 0.163. The molecule has 0 spiro atoms. The van der Waals surface area contributed by atoms with Crippen LogP contribution in [0.3, 0.4) is 0 Å². The number of benzene rings is 3. The van der Waals surface area contributed by atoms with Crippen molar-refractivity contribution >= 4 is 43.7 Å². The van der Waals surface area contributed by atoms with Gasteiger partial charge in [0.05, 0.1) is 0 Å². The van der Waals surface area contributed by atoms with Gasteiger partial charge in [-0.3, -0.25) is 9.59 Å². The van der Waals surface area contributed by atoms with Crippen molar-refractivity contribution in [2.24, 2.45) is 0 Å². The van der Waals surface area contributed by atoms with Crippen LogP contribution in [0.2, 0.25) is 0 Å². The van der Waals surface area contributed by atoms with Gasteiger partial charge in [0.2, 0.25) is 5.91 Å². The lowest BCUT2D eigenvalue weighted by Gasteiger charge is -2.32. The van der Waals surface area contributed by atoms with Gasteiger partial charge < -0.3 is 15.0 Å². The van der Waals surface area contributed by atoms with Gasteiger partial charge in [-0.05, 0) is 67.8 Å². The van der Waals surface area contributed by atoms with Crippen LogP contribution >= 0.6 is 31.9 Å². The molecule has 0 fully saturated rings. The van der Waals surface area contributed by atoms with Crippen LogP contribution in [0.15, 0.2) is 81.7 Å². The number of ether oxygens (including phenoxy) is 1. The van der Waals surface area contributed by atoms with Crippen molar-refractivity contribution in [1.29, 1.82) is 0 Å². The molecule has 3 aromatic carbocycles. The van der Waals surface area contributed by atoms with E-state index in [1.54, 1.807) is 4.90 Å². The molecule has 0 aliphatic rings. The molecule has 0 saturated carbocycles. The Kier molecular flexibility index (Phi) is 9.93. The van der Waals surface area contributed by atoms with Crippen LogP contribution in [0.4, 0.5) is 0 Å². The fraction of sp³-hybridized carbons (Fsp3) is 0.286. The van der Waals surface area contributed by atoms with Crippen molar-refractivity contribution in [3.8, 4) is 5.75 Å². The number of carbonyl (C=O) groups excluding carboxylic acids is 2. The molecule has 3 aromatic rings. The third-order valence-electron chi connectivity index (χ3n) is 5.46. The molecular formula is C28H30Br2N2O3. The molecule has 0 radical (unpaired) electrons. The average Bonchev–Trinajstić information content (AvgIpc) is 2.83. The molecule has 0 aliphatic carbocycles. The molecule has 0 aliphatic heterocycles. The van der Waals surface area contributed by atoms with Crippen molar-refractivity contribution < 1.29 is 14.3 Å². The maximum absolute atomic E-state index is 13.6. The minimum atomic E-state index is -0.689. The molecule has 2 amide bonds. The van der Waals surface area contributed by atoms with Gasteiger partial charge >= 0.3 is 0 Å². The predicted octanol–water partition coefficient (Wildman–Crippen LogP) is 6.06. The zero-order chi connectivity index (χ0) is 25.4. The first kappa shape index (κ1) is 27.0. The van der Waals surface area contributed by atoms with E-state index >= 15 is 0 Å². The summed E-state index contributed by atoms with van der Waals surface area (Å²) >= 11 is 6.94. The van der Waals surface area contributed by atoms with E-state index in [0.29, 0.717) is 12.2 Å². The summed E-state index contributed by atoms with van der Waals surface area (Å²) < 4.78 is 7.78. The summed E-state index contributed by atoms with van der Waals surface area (Å²) in [6.07, 6.45) is 0.402. The lowest BCUT2D eigenvalue weighted by molar-refractivity contribution is -0.143. The molecule has 7 heteroatoms. The van der Waals surface area contributed by atoms with Crippen LogP contribution < -0.4 is 10.1 Å². The lowest BCUT2D eigenvalue weighted by atomic mass is 10.0. The predicted molar refractivity (Wildman–Crippen MR) is 146 cm³/mol. The number of hydrogen-bond acceptors (Lipinski definition) is 3. The highest BCUT2D eigenvalue weighted by Crippen LogP contribution is 2.22. The highest BCUT2D eigenvalue weighted by molar-refractivity contribution is 9.10. The maximum atomic E-state index is 13.6. The molecular weight excluding hydrogens is 572 g/mol. The molecule has 1 N–H and O–H groups in total. The first-order valence-electron chi connectivity index (χ1n) is 11.5. The highest BCUT2D eigenvalue weighted by atomic mass is 79.9. The van der Waals surface area contributed by atoms with Gasteiger partial charge in [0.15, 0.2) is 6.61 Å². The second kappa shape index (κ2) is 12.9. The Morgan fingerprint density at radius 1 is 0.943 bits per heavy atom. The Morgan fingerprint density at radius 3 is 2.26 bits per heavy atom. The van der Waals surface area contributed by atoms with Crippen LogP contribution in [-0.4, -0.2) is 35.4 Å². The van der Waals surface area contributed by atoms with E-state index in [0.717, 1.165) is 25.6 Å². The summed E-state index contributed by atoms with van der Waals surface area (Å²) in [6.45, 7) is 5.91. The molecule has 0 bridgehead atoms. The summed E-state index contributed by atoms with van der Waals surface area (Å²) in [4.78, 5) is 28.5. The van der Waals surface area contributed by atoms with Crippen molar-refractivity contribution in [2.75, 3.05) is 6.61 Å². The third kappa shape index (κ3) is 8.22. The fourth-order valence-corrected chi connectivity index (χ4v) is 4.17. The van der Waals surface area contributed by atoms with Crippen LogP contribution in [0.5, 0.6) is 5.75 Å². The van der Waals surface area contributed by atoms with Gasteiger partial charge in [0.25, 0.3) is 5.91 Å². The molecule has 0 saturated heterocycles. The zero-order valence-corrected chi connectivity index (χ0v) is 23.3. The monoisotopic (exact) mass is 600 g/mol. The summed E-state index contributed by atoms with van der Waals surface area (Å²) in [5, 5.41) is 2.99. The van der Waals surface area contributed by atoms with E-state index in [4.69, 9.17) is 4.74 Å². The summed E-state index contributed by atoms with van der Waals surface area (Å²) in [5.41, 5.74) is 2.92. The second-order valence-electron chi connectivity index (χ2n) is 8.72. The van der Waals surface area contributed by atoms with E-state index < -0.39 is 6.04 Å². The van der Waals surface area contributed by atoms with Crippen LogP contribution in [0.25, 0.3) is 0 Å². The van der Waals surface area contributed by atoms with Crippen molar-refractivity contribution in [3.63, 3.8) is 0 Å². The fourth-order valence-electron chi connectivity index (χ4n) is 3.66. The van der Waals surface area contributed by atoms with E-state index in [2.05, 4.69) is 37.2 Å². The standard InChI is InChI=1S/C28H30Br2N2O3/c1-19(2)31-28(34)26(16-21-7-5-4-6-8-21)32(17-22-9-11-23(29)12-10-22)27(33)18-35-24-13-14-25(30)20(3)15-24/h4-15,19,26H,16-18H2,1-3H3,(H,31,34)/t26-/m0/s1. The summed E-state index contributed by atoms with van der Waals surface area (Å²) in [6, 6.07) is 22.4. The number of amides is 2. The van der Waals surface area contributed by atoms with E-state index in [1.165, 1.54) is 0 Å². The minimum absolute atomic E-state index is 0.0487. The minimum Gasteiger partial charge on any atom is -0.484 e. The Labute approximate surface area is 224 Å². The Hall–Kier alpha value is -2.64. The highest BCUT2D eigenvalue weighted by Gasteiger charge is 2.31. The Bertz CT molecular complexity index is 1130. The van der Waals surface area contributed by atoms with Crippen LogP contribution in [0.1, 0.15) is 30.5 Å². The van der Waals surface area contributed by atoms with Crippen LogP contribution in [0, 0.1) is 6.92 Å². The molecule has 184 valence electrons. The number of nitrogens with zero attached hydrogens (tertiary/aromatic N) is 1. The molecule has 3 rings (SSSR count). The first-order valence-corrected chi connectivity index (χ1v) is 13.1. The first-order chi connectivity index (χ1) is 16.7. The number of halogens is 2. The topological polar surface area (TPSA) is 58.6 Å². The third-order valence-corrected chi connectivity index (χ3v) is 6.88. The van der Waals surface area contributed by atoms with Gasteiger partial charge in [0.1, 0.15) is 11.8 Å². The van der Waals surface area contributed by atoms with Crippen LogP contribution in [-0.2, 0) is 22.6 Å². The zero-order valence-electron chi connectivity index (χ0n) is 20.1. The SMILES string of the molecule is Cc1cc(OCC(=O)N(Cc2ccc(Br)cc2)[C@@H](Cc2ccccc2)C(=O)NC(C)C)ccc1Br. The summed E-state index contributed by atoms with van der Waals surface area (Å²) in [7, 11) is 0. The number of rotatable bonds is 10. The maximum Gasteiger partial charge on any atom is 0.261 e. The Balaban J connectivity index is 1.90. The molecule has 1 atom stereocenters. The Morgan fingerprint density at radius 2 is 1.63 bits per heavy atom. The van der Waals surface area contributed by atoms with Crippen molar-refractivity contribution in [3.05, 3.63) is 98.4 Å². The molecule has 0 unspecified atom stereocenters. The van der Waals surface area contributed by atoms with Crippen molar-refractivity contribution in [1.82, 2.24) is 10.2 Å². The quantitative estimate of drug-likeness (QED) is 0.307.